The summed E-state index contributed by atoms with van der Waals surface area (Å²) in [6, 6.07) is 4.80. The quantitative estimate of drug-likeness (QED) is 0.824. The average Bonchev–Trinajstić information content (AvgIpc) is 2.98. The lowest BCUT2D eigenvalue weighted by molar-refractivity contribution is 0.0962. The van der Waals surface area contributed by atoms with E-state index in [9.17, 15) is 4.79 Å². The maximum Gasteiger partial charge on any atom is 0.186 e. The van der Waals surface area contributed by atoms with E-state index in [2.05, 4.69) is 4.98 Å². The second-order valence-electron chi connectivity index (χ2n) is 4.12. The van der Waals surface area contributed by atoms with E-state index in [0.29, 0.717) is 17.9 Å². The van der Waals surface area contributed by atoms with Gasteiger partial charge in [-0.05, 0) is 23.9 Å². The van der Waals surface area contributed by atoms with E-state index in [1.165, 1.54) is 17.5 Å². The van der Waals surface area contributed by atoms with Gasteiger partial charge in [-0.25, -0.2) is 0 Å². The molecule has 0 spiro atoms. The topological polar surface area (TPSA) is 65.2 Å². The molecule has 0 aliphatic carbocycles. The van der Waals surface area contributed by atoms with Crippen LogP contribution < -0.4 is 10.5 Å². The lowest BCUT2D eigenvalue weighted by atomic mass is 10.1. The minimum atomic E-state index is -0.636. The first-order valence-corrected chi connectivity index (χ1v) is 7.01. The number of carbonyl (C=O) groups excluding carboxylic acids is 1. The molecule has 2 heterocycles. The third-order valence-electron chi connectivity index (χ3n) is 2.60. The van der Waals surface area contributed by atoms with Crippen LogP contribution in [0.4, 0.5) is 0 Å². The SMILES string of the molecule is CCCOc1cncc(C(=O)C(N)c2cccs2)c1. The zero-order valence-corrected chi connectivity index (χ0v) is 11.5. The van der Waals surface area contributed by atoms with E-state index in [1.54, 1.807) is 12.3 Å². The van der Waals surface area contributed by atoms with E-state index < -0.39 is 6.04 Å². The van der Waals surface area contributed by atoms with Crippen LogP contribution in [0.5, 0.6) is 5.75 Å². The van der Waals surface area contributed by atoms with E-state index in [-0.39, 0.29) is 5.78 Å². The predicted molar refractivity (Wildman–Crippen MR) is 75.6 cm³/mol. The van der Waals surface area contributed by atoms with Crippen molar-refractivity contribution in [1.82, 2.24) is 4.98 Å². The Morgan fingerprint density at radius 2 is 2.37 bits per heavy atom. The van der Waals surface area contributed by atoms with Crippen LogP contribution in [-0.4, -0.2) is 17.4 Å². The molecule has 19 heavy (non-hydrogen) atoms. The maximum atomic E-state index is 12.3. The number of ketones is 1. The molecule has 100 valence electrons. The van der Waals surface area contributed by atoms with Crippen molar-refractivity contribution in [2.75, 3.05) is 6.61 Å². The van der Waals surface area contributed by atoms with Gasteiger partial charge in [0.2, 0.25) is 0 Å². The number of Topliss-reactive ketones (excluding diaryl/α,β-unsaturated/α-hetero) is 1. The third kappa shape index (κ3) is 3.39. The lowest BCUT2D eigenvalue weighted by Crippen LogP contribution is -2.20. The first kappa shape index (κ1) is 13.7. The van der Waals surface area contributed by atoms with Crippen molar-refractivity contribution >= 4 is 17.1 Å². The Labute approximate surface area is 116 Å². The number of aromatic nitrogens is 1. The van der Waals surface area contributed by atoms with E-state index in [1.807, 2.05) is 24.4 Å². The predicted octanol–water partition coefficient (Wildman–Crippen LogP) is 2.81. The molecule has 0 saturated carbocycles. The summed E-state index contributed by atoms with van der Waals surface area (Å²) in [5, 5.41) is 1.90. The van der Waals surface area contributed by atoms with E-state index in [4.69, 9.17) is 10.5 Å². The summed E-state index contributed by atoms with van der Waals surface area (Å²) in [5.41, 5.74) is 6.44. The summed E-state index contributed by atoms with van der Waals surface area (Å²) in [6.07, 6.45) is 4.03. The molecule has 2 rings (SSSR count). The van der Waals surface area contributed by atoms with Crippen LogP contribution in [0.1, 0.15) is 34.6 Å². The summed E-state index contributed by atoms with van der Waals surface area (Å²) >= 11 is 1.47. The molecule has 0 aliphatic heterocycles. The molecule has 2 aromatic rings. The molecule has 4 nitrogen and oxygen atoms in total. The van der Waals surface area contributed by atoms with Gasteiger partial charge in [-0.3, -0.25) is 9.78 Å². The standard InChI is InChI=1S/C14H16N2O2S/c1-2-5-18-11-7-10(8-16-9-11)14(17)13(15)12-4-3-6-19-12/h3-4,6-9,13H,2,5,15H2,1H3. The van der Waals surface area contributed by atoms with E-state index in [0.717, 1.165) is 11.3 Å². The Hall–Kier alpha value is -1.72. The number of carbonyl (C=O) groups is 1. The highest BCUT2D eigenvalue weighted by Crippen LogP contribution is 2.22. The minimum absolute atomic E-state index is 0.142. The number of thiophene rings is 1. The van der Waals surface area contributed by atoms with Crippen molar-refractivity contribution in [3.8, 4) is 5.75 Å². The van der Waals surface area contributed by atoms with Crippen LogP contribution in [-0.2, 0) is 0 Å². The van der Waals surface area contributed by atoms with Crippen molar-refractivity contribution in [3.05, 3.63) is 46.4 Å². The van der Waals surface area contributed by atoms with Crippen molar-refractivity contribution in [3.63, 3.8) is 0 Å². The highest BCUT2D eigenvalue weighted by molar-refractivity contribution is 7.10. The van der Waals surface area contributed by atoms with Crippen LogP contribution in [0.2, 0.25) is 0 Å². The van der Waals surface area contributed by atoms with Gasteiger partial charge >= 0.3 is 0 Å². The molecule has 0 amide bonds. The van der Waals surface area contributed by atoms with E-state index >= 15 is 0 Å². The molecule has 2 N–H and O–H groups in total. The lowest BCUT2D eigenvalue weighted by Gasteiger charge is -2.10. The Kier molecular flexibility index (Phi) is 4.65. The second-order valence-corrected chi connectivity index (χ2v) is 5.09. The van der Waals surface area contributed by atoms with Gasteiger partial charge in [0.1, 0.15) is 11.8 Å². The van der Waals surface area contributed by atoms with Gasteiger partial charge < -0.3 is 10.5 Å². The number of hydrogen-bond donors (Lipinski definition) is 1. The van der Waals surface area contributed by atoms with Gasteiger partial charge in [0.05, 0.1) is 12.8 Å². The monoisotopic (exact) mass is 276 g/mol. The Bertz CT molecular complexity index is 540. The largest absolute Gasteiger partial charge is 0.492 e. The van der Waals surface area contributed by atoms with Crippen LogP contribution >= 0.6 is 11.3 Å². The first-order valence-electron chi connectivity index (χ1n) is 6.13. The van der Waals surface area contributed by atoms with Crippen molar-refractivity contribution in [2.45, 2.75) is 19.4 Å². The number of rotatable bonds is 6. The average molecular weight is 276 g/mol. The van der Waals surface area contributed by atoms with Crippen LogP contribution in [0.25, 0.3) is 0 Å². The van der Waals surface area contributed by atoms with Crippen molar-refractivity contribution in [1.29, 1.82) is 0 Å². The fourth-order valence-corrected chi connectivity index (χ4v) is 2.35. The molecule has 0 radical (unpaired) electrons. The molecular formula is C14H16N2O2S. The normalized spacial score (nSPS) is 12.1. The van der Waals surface area contributed by atoms with Gasteiger partial charge in [-0.2, -0.15) is 0 Å². The molecule has 2 aromatic heterocycles. The second kappa shape index (κ2) is 6.45. The molecule has 0 aliphatic rings. The number of hydrogen-bond acceptors (Lipinski definition) is 5. The molecule has 0 fully saturated rings. The van der Waals surface area contributed by atoms with Gasteiger partial charge in [0, 0.05) is 16.6 Å². The van der Waals surface area contributed by atoms with Crippen LogP contribution in [0.3, 0.4) is 0 Å². The molecular weight excluding hydrogens is 260 g/mol. The van der Waals surface area contributed by atoms with Gasteiger partial charge in [-0.15, -0.1) is 11.3 Å². The molecule has 5 heteroatoms. The van der Waals surface area contributed by atoms with Gasteiger partial charge in [0.25, 0.3) is 0 Å². The Balaban J connectivity index is 2.14. The van der Waals surface area contributed by atoms with Crippen molar-refractivity contribution < 1.29 is 9.53 Å². The van der Waals surface area contributed by atoms with Crippen molar-refractivity contribution in [2.24, 2.45) is 5.73 Å². The third-order valence-corrected chi connectivity index (χ3v) is 3.56. The smallest absolute Gasteiger partial charge is 0.186 e. The first-order chi connectivity index (χ1) is 9.22. The number of nitrogens with two attached hydrogens (primary N) is 1. The van der Waals surface area contributed by atoms with Crippen LogP contribution in [0, 0.1) is 0 Å². The fourth-order valence-electron chi connectivity index (χ4n) is 1.63. The summed E-state index contributed by atoms with van der Waals surface area (Å²) in [7, 11) is 0. The molecule has 0 bridgehead atoms. The summed E-state index contributed by atoms with van der Waals surface area (Å²) < 4.78 is 5.46. The number of nitrogens with zero attached hydrogens (tertiary/aromatic N) is 1. The molecule has 1 atom stereocenters. The van der Waals surface area contributed by atoms with Gasteiger partial charge in [-0.1, -0.05) is 13.0 Å². The Morgan fingerprint density at radius 3 is 3.05 bits per heavy atom. The highest BCUT2D eigenvalue weighted by Gasteiger charge is 2.19. The highest BCUT2D eigenvalue weighted by atomic mass is 32.1. The number of ether oxygens (including phenoxy) is 1. The fraction of sp³-hybridized carbons (Fsp3) is 0.286. The van der Waals surface area contributed by atoms with Gasteiger partial charge in [0.15, 0.2) is 5.78 Å². The molecule has 0 saturated heterocycles. The minimum Gasteiger partial charge on any atom is -0.492 e. The molecule has 0 aromatic carbocycles. The Morgan fingerprint density at radius 1 is 1.53 bits per heavy atom. The zero-order valence-electron chi connectivity index (χ0n) is 10.7. The molecule has 1 unspecified atom stereocenters. The summed E-state index contributed by atoms with van der Waals surface area (Å²) in [4.78, 5) is 17.1. The zero-order chi connectivity index (χ0) is 13.7. The summed E-state index contributed by atoms with van der Waals surface area (Å²) in [6.45, 7) is 2.63. The maximum absolute atomic E-state index is 12.3. The van der Waals surface area contributed by atoms with Crippen LogP contribution in [0.15, 0.2) is 36.0 Å². The number of pyridine rings is 1. The summed E-state index contributed by atoms with van der Waals surface area (Å²) in [5.74, 6) is 0.461.